The largest absolute Gasteiger partial charge is 0.454 e. The van der Waals surface area contributed by atoms with Gasteiger partial charge in [0.25, 0.3) is 0 Å². The molecule has 0 aromatic heterocycles. The summed E-state index contributed by atoms with van der Waals surface area (Å²) in [6.07, 6.45) is 0. The summed E-state index contributed by atoms with van der Waals surface area (Å²) in [6.45, 7) is 3.11. The van der Waals surface area contributed by atoms with Gasteiger partial charge in [-0.25, -0.2) is 0 Å². The maximum Gasteiger partial charge on any atom is 0.242 e. The molecule has 19 heavy (non-hydrogen) atoms. The van der Waals surface area contributed by atoms with E-state index in [9.17, 15) is 4.79 Å². The number of ether oxygens (including phenoxy) is 3. The number of amides is 1. The van der Waals surface area contributed by atoms with Crippen molar-refractivity contribution in [3.05, 3.63) is 18.2 Å². The monoisotopic (exact) mass is 264 g/mol. The molecule has 3 rings (SSSR count). The van der Waals surface area contributed by atoms with Gasteiger partial charge in [0.1, 0.15) is 0 Å². The van der Waals surface area contributed by atoms with Gasteiger partial charge in [-0.3, -0.25) is 4.79 Å². The van der Waals surface area contributed by atoms with Crippen molar-refractivity contribution in [1.82, 2.24) is 4.90 Å². The number of rotatable bonds is 3. The molecule has 6 nitrogen and oxygen atoms in total. The number of nitrogens with one attached hydrogen (secondary N) is 1. The van der Waals surface area contributed by atoms with Crippen LogP contribution < -0.4 is 14.8 Å². The summed E-state index contributed by atoms with van der Waals surface area (Å²) in [4.78, 5) is 13.8. The molecule has 1 aromatic carbocycles. The van der Waals surface area contributed by atoms with Crippen LogP contribution in [0.3, 0.4) is 0 Å². The van der Waals surface area contributed by atoms with Crippen LogP contribution in [-0.4, -0.2) is 50.4 Å². The van der Waals surface area contributed by atoms with E-state index in [2.05, 4.69) is 5.32 Å². The second-order valence-corrected chi connectivity index (χ2v) is 4.41. The predicted octanol–water partition coefficient (Wildman–Crippen LogP) is 0.686. The van der Waals surface area contributed by atoms with E-state index in [1.54, 1.807) is 0 Å². The van der Waals surface area contributed by atoms with Gasteiger partial charge in [0.15, 0.2) is 11.5 Å². The van der Waals surface area contributed by atoms with Crippen molar-refractivity contribution in [3.8, 4) is 11.5 Å². The summed E-state index contributed by atoms with van der Waals surface area (Å²) < 4.78 is 15.7. The molecule has 0 aliphatic carbocycles. The highest BCUT2D eigenvalue weighted by Gasteiger charge is 2.17. The molecule has 0 saturated carbocycles. The van der Waals surface area contributed by atoms with Crippen LogP contribution >= 0.6 is 0 Å². The number of anilines is 1. The van der Waals surface area contributed by atoms with Gasteiger partial charge in [0.2, 0.25) is 12.7 Å². The zero-order chi connectivity index (χ0) is 13.1. The maximum absolute atomic E-state index is 12.0. The summed E-state index contributed by atoms with van der Waals surface area (Å²) >= 11 is 0. The SMILES string of the molecule is O=C(CNc1ccc2c(c1)OCO2)N1CCOCC1. The van der Waals surface area contributed by atoms with Crippen molar-refractivity contribution in [1.29, 1.82) is 0 Å². The third-order valence-corrected chi connectivity index (χ3v) is 3.18. The van der Waals surface area contributed by atoms with Crippen LogP contribution in [0.15, 0.2) is 18.2 Å². The molecule has 2 aliphatic heterocycles. The Morgan fingerprint density at radius 2 is 2.00 bits per heavy atom. The van der Waals surface area contributed by atoms with E-state index in [0.717, 1.165) is 11.4 Å². The molecular formula is C13H16N2O4. The van der Waals surface area contributed by atoms with Crippen molar-refractivity contribution in [3.63, 3.8) is 0 Å². The van der Waals surface area contributed by atoms with Crippen molar-refractivity contribution in [2.45, 2.75) is 0 Å². The number of nitrogens with zero attached hydrogens (tertiary/aromatic N) is 1. The van der Waals surface area contributed by atoms with E-state index >= 15 is 0 Å². The highest BCUT2D eigenvalue weighted by atomic mass is 16.7. The van der Waals surface area contributed by atoms with E-state index in [1.165, 1.54) is 0 Å². The number of hydrogen-bond donors (Lipinski definition) is 1. The number of benzene rings is 1. The molecule has 0 radical (unpaired) electrons. The van der Waals surface area contributed by atoms with Gasteiger partial charge < -0.3 is 24.4 Å². The van der Waals surface area contributed by atoms with Gasteiger partial charge in [0.05, 0.1) is 19.8 Å². The minimum Gasteiger partial charge on any atom is -0.454 e. The van der Waals surface area contributed by atoms with Crippen LogP contribution in [0.4, 0.5) is 5.69 Å². The van der Waals surface area contributed by atoms with Crippen LogP contribution in [0.1, 0.15) is 0 Å². The molecule has 1 saturated heterocycles. The van der Waals surface area contributed by atoms with E-state index in [0.29, 0.717) is 32.1 Å². The third kappa shape index (κ3) is 2.73. The molecule has 0 spiro atoms. The zero-order valence-electron chi connectivity index (χ0n) is 10.6. The molecule has 1 aromatic rings. The Bertz CT molecular complexity index is 472. The summed E-state index contributed by atoms with van der Waals surface area (Å²) in [5, 5.41) is 3.10. The predicted molar refractivity (Wildman–Crippen MR) is 68.5 cm³/mol. The third-order valence-electron chi connectivity index (χ3n) is 3.18. The molecular weight excluding hydrogens is 248 g/mol. The van der Waals surface area contributed by atoms with Crippen LogP contribution in [0.2, 0.25) is 0 Å². The summed E-state index contributed by atoms with van der Waals surface area (Å²) in [5.74, 6) is 1.54. The smallest absolute Gasteiger partial charge is 0.242 e. The van der Waals surface area contributed by atoms with Gasteiger partial charge in [-0.1, -0.05) is 0 Å². The van der Waals surface area contributed by atoms with E-state index in [1.807, 2.05) is 23.1 Å². The van der Waals surface area contributed by atoms with Crippen molar-refractivity contribution in [2.75, 3.05) is 45.0 Å². The van der Waals surface area contributed by atoms with Gasteiger partial charge in [-0.15, -0.1) is 0 Å². The number of morpholine rings is 1. The van der Waals surface area contributed by atoms with E-state index < -0.39 is 0 Å². The highest BCUT2D eigenvalue weighted by molar-refractivity contribution is 5.81. The average Bonchev–Trinajstić information content (AvgIpc) is 2.93. The Labute approximate surface area is 111 Å². The first kappa shape index (κ1) is 12.1. The van der Waals surface area contributed by atoms with Crippen molar-refractivity contribution >= 4 is 11.6 Å². The van der Waals surface area contributed by atoms with Crippen molar-refractivity contribution < 1.29 is 19.0 Å². The van der Waals surface area contributed by atoms with Crippen LogP contribution in [0.25, 0.3) is 0 Å². The van der Waals surface area contributed by atoms with Crippen LogP contribution in [0.5, 0.6) is 11.5 Å². The molecule has 1 N–H and O–H groups in total. The molecule has 1 fully saturated rings. The molecule has 2 heterocycles. The normalized spacial score (nSPS) is 17.4. The first-order chi connectivity index (χ1) is 9.33. The van der Waals surface area contributed by atoms with Gasteiger partial charge >= 0.3 is 0 Å². The molecule has 0 unspecified atom stereocenters. The number of carbonyl (C=O) groups excluding carboxylic acids is 1. The fourth-order valence-corrected chi connectivity index (χ4v) is 2.11. The molecule has 0 atom stereocenters. The number of hydrogen-bond acceptors (Lipinski definition) is 5. The summed E-state index contributed by atoms with van der Waals surface area (Å²) in [6, 6.07) is 5.55. The first-order valence-corrected chi connectivity index (χ1v) is 6.32. The van der Waals surface area contributed by atoms with Crippen molar-refractivity contribution in [2.24, 2.45) is 0 Å². The maximum atomic E-state index is 12.0. The molecule has 1 amide bonds. The fourth-order valence-electron chi connectivity index (χ4n) is 2.11. The lowest BCUT2D eigenvalue weighted by molar-refractivity contribution is -0.133. The minimum absolute atomic E-state index is 0.0842. The number of fused-ring (bicyclic) bond motifs is 1. The van der Waals surface area contributed by atoms with E-state index in [-0.39, 0.29) is 19.2 Å². The molecule has 2 aliphatic rings. The Hall–Kier alpha value is -1.95. The minimum atomic E-state index is 0.0842. The van der Waals surface area contributed by atoms with Crippen LogP contribution in [0, 0.1) is 0 Å². The topological polar surface area (TPSA) is 60.0 Å². The first-order valence-electron chi connectivity index (χ1n) is 6.32. The Kier molecular flexibility index (Phi) is 3.41. The summed E-state index contributed by atoms with van der Waals surface area (Å²) in [5.41, 5.74) is 0.853. The molecule has 0 bridgehead atoms. The quantitative estimate of drug-likeness (QED) is 0.870. The molecule has 6 heteroatoms. The Balaban J connectivity index is 1.55. The number of carbonyl (C=O) groups is 1. The second kappa shape index (κ2) is 5.36. The average molecular weight is 264 g/mol. The van der Waals surface area contributed by atoms with Gasteiger partial charge in [-0.2, -0.15) is 0 Å². The highest BCUT2D eigenvalue weighted by Crippen LogP contribution is 2.34. The van der Waals surface area contributed by atoms with Gasteiger partial charge in [0, 0.05) is 24.8 Å². The zero-order valence-corrected chi connectivity index (χ0v) is 10.6. The molecule has 102 valence electrons. The van der Waals surface area contributed by atoms with Crippen LogP contribution in [-0.2, 0) is 9.53 Å². The Morgan fingerprint density at radius 1 is 1.21 bits per heavy atom. The fraction of sp³-hybridized carbons (Fsp3) is 0.462. The second-order valence-electron chi connectivity index (χ2n) is 4.41. The van der Waals surface area contributed by atoms with Gasteiger partial charge in [-0.05, 0) is 12.1 Å². The summed E-state index contributed by atoms with van der Waals surface area (Å²) in [7, 11) is 0. The Morgan fingerprint density at radius 3 is 2.84 bits per heavy atom. The lowest BCUT2D eigenvalue weighted by Crippen LogP contribution is -2.43. The lowest BCUT2D eigenvalue weighted by atomic mass is 10.2. The van der Waals surface area contributed by atoms with E-state index in [4.69, 9.17) is 14.2 Å². The lowest BCUT2D eigenvalue weighted by Gasteiger charge is -2.27. The standard InChI is InChI=1S/C13H16N2O4/c16-13(15-3-5-17-6-4-15)8-14-10-1-2-11-12(7-10)19-9-18-11/h1-2,7,14H,3-6,8-9H2.